The molecule has 4 bridgehead atoms. The zero-order valence-electron chi connectivity index (χ0n) is 21.8. The fraction of sp³-hybridized carbons (Fsp3) is 0.864. The Labute approximate surface area is 230 Å². The summed E-state index contributed by atoms with van der Waals surface area (Å²) in [5.41, 5.74) is -3.69. The van der Waals surface area contributed by atoms with Gasteiger partial charge in [0, 0.05) is 5.41 Å². The number of alkyl carbamates (subject to hydrolysis) is 1. The number of rotatable bonds is 10. The third-order valence-electron chi connectivity index (χ3n) is 8.29. The number of ether oxygens (including phenoxy) is 3. The Morgan fingerprint density at radius 1 is 1.02 bits per heavy atom. The molecule has 3 atom stereocenters. The second-order valence-electron chi connectivity index (χ2n) is 11.0. The lowest BCUT2D eigenvalue weighted by Crippen LogP contribution is -2.67. The molecule has 1 amide bonds. The summed E-state index contributed by atoms with van der Waals surface area (Å²) >= 11 is 0.873. The van der Waals surface area contributed by atoms with Crippen LogP contribution in [0.5, 0.6) is 0 Å². The van der Waals surface area contributed by atoms with Crippen LogP contribution in [0.4, 0.5) is 31.1 Å². The zero-order chi connectivity index (χ0) is 30.7. The molecule has 4 saturated carbocycles. The van der Waals surface area contributed by atoms with Crippen molar-refractivity contribution in [2.24, 2.45) is 17.3 Å². The molecule has 0 spiro atoms. The molecule has 40 heavy (non-hydrogen) atoms. The van der Waals surface area contributed by atoms with Crippen LogP contribution in [0.25, 0.3) is 0 Å². The van der Waals surface area contributed by atoms with Crippen LogP contribution in [-0.2, 0) is 33.9 Å². The smallest absolute Gasteiger partial charge is 0.430 e. The lowest BCUT2D eigenvalue weighted by molar-refractivity contribution is -0.270. The Balaban J connectivity index is 1.82. The highest BCUT2D eigenvalue weighted by molar-refractivity contribution is 7.99. The van der Waals surface area contributed by atoms with Crippen molar-refractivity contribution in [1.82, 2.24) is 5.32 Å². The fourth-order valence-corrected chi connectivity index (χ4v) is 7.40. The van der Waals surface area contributed by atoms with Crippen molar-refractivity contribution < 1.29 is 67.9 Å². The molecule has 0 aliphatic heterocycles. The Morgan fingerprint density at radius 3 is 1.93 bits per heavy atom. The normalized spacial score (nSPS) is 28.9. The van der Waals surface area contributed by atoms with Gasteiger partial charge < -0.3 is 14.2 Å². The summed E-state index contributed by atoms with van der Waals surface area (Å²) in [6.07, 6.45) is -12.0. The van der Waals surface area contributed by atoms with Gasteiger partial charge in [-0.2, -0.15) is 34.8 Å². The molecule has 2 N–H and O–H groups in total. The van der Waals surface area contributed by atoms with Gasteiger partial charge in [-0.05, 0) is 64.0 Å². The first-order chi connectivity index (χ1) is 18.0. The third-order valence-corrected chi connectivity index (χ3v) is 10.5. The van der Waals surface area contributed by atoms with E-state index in [4.69, 9.17) is 14.0 Å². The number of hydrogen-bond acceptors (Lipinski definition) is 9. The van der Waals surface area contributed by atoms with Crippen LogP contribution < -0.4 is 5.32 Å². The van der Waals surface area contributed by atoms with Crippen LogP contribution >= 0.6 is 11.8 Å². The summed E-state index contributed by atoms with van der Waals surface area (Å²) in [4.78, 5) is 37.6. The number of carbonyl (C=O) groups is 3. The van der Waals surface area contributed by atoms with E-state index in [2.05, 4.69) is 10.1 Å². The van der Waals surface area contributed by atoms with Gasteiger partial charge >= 0.3 is 45.2 Å². The van der Waals surface area contributed by atoms with Crippen LogP contribution in [0.3, 0.4) is 0 Å². The average molecular weight is 630 g/mol. The van der Waals surface area contributed by atoms with Gasteiger partial charge in [0.1, 0.15) is 17.8 Å². The molecular formula is C22H29F6NO9S2. The topological polar surface area (TPSA) is 145 Å². The Bertz CT molecular complexity index is 1130. The summed E-state index contributed by atoms with van der Waals surface area (Å²) in [5.74, 6) is -4.50. The van der Waals surface area contributed by atoms with Gasteiger partial charge in [0.25, 0.3) is 0 Å². The summed E-state index contributed by atoms with van der Waals surface area (Å²) < 4.78 is 122. The number of esters is 2. The number of amides is 1. The Morgan fingerprint density at radius 2 is 1.52 bits per heavy atom. The molecule has 10 nitrogen and oxygen atoms in total. The highest BCUT2D eigenvalue weighted by Gasteiger charge is 2.85. The highest BCUT2D eigenvalue weighted by Crippen LogP contribution is 2.73. The first kappa shape index (κ1) is 32.6. The Kier molecular flexibility index (Phi) is 8.22. The van der Waals surface area contributed by atoms with E-state index in [1.54, 1.807) is 20.8 Å². The molecular weight excluding hydrogens is 600 g/mol. The molecule has 4 fully saturated rings. The van der Waals surface area contributed by atoms with Crippen molar-refractivity contribution in [1.29, 1.82) is 0 Å². The van der Waals surface area contributed by atoms with Gasteiger partial charge in [0.2, 0.25) is 0 Å². The molecule has 0 aromatic heterocycles. The van der Waals surface area contributed by atoms with Crippen molar-refractivity contribution in [2.75, 3.05) is 12.9 Å². The number of carbonyl (C=O) groups excluding carboxylic acids is 3. The number of thioether (sulfide) groups is 1. The van der Waals surface area contributed by atoms with E-state index in [0.717, 1.165) is 11.8 Å². The summed E-state index contributed by atoms with van der Waals surface area (Å²) in [7, 11) is -7.15. The molecule has 18 heteroatoms. The molecule has 0 aromatic rings. The third kappa shape index (κ3) is 5.12. The van der Waals surface area contributed by atoms with Gasteiger partial charge in [-0.15, -0.1) is 11.8 Å². The minimum atomic E-state index is -7.15. The monoisotopic (exact) mass is 629 g/mol. The van der Waals surface area contributed by atoms with E-state index in [0.29, 0.717) is 6.42 Å². The summed E-state index contributed by atoms with van der Waals surface area (Å²) in [6, 6.07) is 0. The molecule has 4 aliphatic carbocycles. The molecule has 4 aliphatic rings. The predicted octanol–water partition coefficient (Wildman–Crippen LogP) is 3.99. The number of nitrogens with one attached hydrogen (secondary N) is 1. The van der Waals surface area contributed by atoms with Gasteiger partial charge in [-0.3, -0.25) is 9.87 Å². The van der Waals surface area contributed by atoms with Gasteiger partial charge in [0.05, 0.1) is 0 Å². The molecule has 0 aromatic carbocycles. The van der Waals surface area contributed by atoms with E-state index in [9.17, 15) is 49.1 Å². The zero-order valence-corrected chi connectivity index (χ0v) is 23.4. The van der Waals surface area contributed by atoms with Crippen molar-refractivity contribution in [3.63, 3.8) is 0 Å². The first-order valence-electron chi connectivity index (χ1n) is 12.0. The minimum Gasteiger partial charge on any atom is -0.463 e. The van der Waals surface area contributed by atoms with Crippen LogP contribution in [0.2, 0.25) is 0 Å². The Hall–Kier alpha value is -1.95. The van der Waals surface area contributed by atoms with Crippen LogP contribution in [0, 0.1) is 17.3 Å². The van der Waals surface area contributed by atoms with Crippen LogP contribution in [0.15, 0.2) is 0 Å². The number of alkyl halides is 6. The van der Waals surface area contributed by atoms with Gasteiger partial charge in [-0.25, -0.2) is 14.4 Å². The largest absolute Gasteiger partial charge is 0.463 e. The quantitative estimate of drug-likeness (QED) is 0.120. The lowest BCUT2D eigenvalue weighted by atomic mass is 9.77. The highest BCUT2D eigenvalue weighted by atomic mass is 32.2. The van der Waals surface area contributed by atoms with Crippen LogP contribution in [-0.4, -0.2) is 77.5 Å². The number of hydrogen-bond donors (Lipinski definition) is 2. The van der Waals surface area contributed by atoms with Crippen molar-refractivity contribution in [3.8, 4) is 0 Å². The van der Waals surface area contributed by atoms with Crippen molar-refractivity contribution in [3.05, 3.63) is 0 Å². The standard InChI is InChI=1S/C22H29F6NO9S2/c1-5-17(2,3)38-16(32)29-13(39-4)14(30)37-19-8-11-6-18(19,7-12(11)9-19)10-36-15(31)20(21(23,24)25,22(26,27)28)40(33,34)35/h11-13H,5-10H2,1-4H3,(H,29,32)(H,33,34,35). The van der Waals surface area contributed by atoms with E-state index < -0.39 is 73.8 Å². The molecule has 230 valence electrons. The summed E-state index contributed by atoms with van der Waals surface area (Å²) in [6.45, 7) is 3.92. The second-order valence-corrected chi connectivity index (χ2v) is 13.5. The minimum absolute atomic E-state index is 0.124. The van der Waals surface area contributed by atoms with E-state index in [1.165, 1.54) is 6.26 Å². The van der Waals surface area contributed by atoms with Crippen molar-refractivity contribution >= 4 is 39.9 Å². The maximum absolute atomic E-state index is 13.5. The van der Waals surface area contributed by atoms with E-state index in [1.807, 2.05) is 0 Å². The summed E-state index contributed by atoms with van der Waals surface area (Å²) in [5, 5.41) is 1.06. The molecule has 3 unspecified atom stereocenters. The SMILES string of the molecule is CCC(C)(C)OC(=O)NC(SC)C(=O)OC12CC3CC1(COC(=O)C(C(F)(F)F)(C(F)(F)F)S(=O)(=O)O)CC3C2. The number of halogens is 6. The maximum Gasteiger partial charge on any atom is 0.430 e. The van der Waals surface area contributed by atoms with Crippen LogP contribution in [0.1, 0.15) is 52.9 Å². The fourth-order valence-electron chi connectivity index (χ4n) is 6.09. The molecule has 0 heterocycles. The molecule has 4 rings (SSSR count). The second kappa shape index (κ2) is 10.1. The first-order valence-corrected chi connectivity index (χ1v) is 14.8. The maximum atomic E-state index is 13.5. The molecule has 0 radical (unpaired) electrons. The average Bonchev–Trinajstić information content (AvgIpc) is 3.44. The van der Waals surface area contributed by atoms with Gasteiger partial charge in [-0.1, -0.05) is 6.92 Å². The lowest BCUT2D eigenvalue weighted by Gasteiger charge is -2.41. The van der Waals surface area contributed by atoms with E-state index in [-0.39, 0.29) is 37.5 Å². The van der Waals surface area contributed by atoms with Crippen molar-refractivity contribution in [2.45, 2.75) is 86.6 Å². The predicted molar refractivity (Wildman–Crippen MR) is 125 cm³/mol. The van der Waals surface area contributed by atoms with E-state index >= 15 is 0 Å². The molecule has 0 saturated heterocycles. The van der Waals surface area contributed by atoms with Gasteiger partial charge in [0.15, 0.2) is 5.37 Å².